The summed E-state index contributed by atoms with van der Waals surface area (Å²) in [7, 11) is 0. The number of aliphatic carboxylic acids is 2. The van der Waals surface area contributed by atoms with E-state index in [2.05, 4.69) is 15.3 Å². The number of thioether (sulfide) groups is 2. The zero-order valence-corrected chi connectivity index (χ0v) is 27.3. The maximum atomic E-state index is 13.4. The highest BCUT2D eigenvalue weighted by Gasteiger charge is 2.41. The van der Waals surface area contributed by atoms with Crippen molar-refractivity contribution in [2.45, 2.75) is 81.7 Å². The van der Waals surface area contributed by atoms with E-state index in [4.69, 9.17) is 21.7 Å². The van der Waals surface area contributed by atoms with Gasteiger partial charge in [0.25, 0.3) is 0 Å². The zero-order chi connectivity index (χ0) is 33.7. The average molecular weight is 686 g/mol. The Morgan fingerprint density at radius 3 is 2.02 bits per heavy atom. The molecule has 11 nitrogen and oxygen atoms in total. The SMILES string of the molecule is Cc1cnn(C2(CCSCCC(N)C(=O)O)CCC2)n1.NC(CCSCCC(n1ccc(-c2ccccc2)n1)C(F)(F)F)C(=O)O. The summed E-state index contributed by atoms with van der Waals surface area (Å²) in [5.74, 6) is 0.381. The van der Waals surface area contributed by atoms with Crippen LogP contribution in [-0.2, 0) is 15.1 Å². The van der Waals surface area contributed by atoms with Gasteiger partial charge < -0.3 is 21.7 Å². The van der Waals surface area contributed by atoms with Crippen LogP contribution in [0.5, 0.6) is 0 Å². The third-order valence-electron chi connectivity index (χ3n) is 7.72. The summed E-state index contributed by atoms with van der Waals surface area (Å²) in [6.07, 6.45) is 3.85. The van der Waals surface area contributed by atoms with Crippen LogP contribution in [0.15, 0.2) is 48.8 Å². The van der Waals surface area contributed by atoms with Crippen LogP contribution in [0, 0.1) is 6.92 Å². The molecule has 0 saturated heterocycles. The molecule has 0 spiro atoms. The van der Waals surface area contributed by atoms with Crippen LogP contribution in [0.3, 0.4) is 0 Å². The van der Waals surface area contributed by atoms with Crippen molar-refractivity contribution in [3.05, 3.63) is 54.5 Å². The van der Waals surface area contributed by atoms with Crippen LogP contribution in [0.4, 0.5) is 13.2 Å². The first-order valence-electron chi connectivity index (χ1n) is 15.0. The Hall–Kier alpha value is -3.08. The second kappa shape index (κ2) is 17.7. The Balaban J connectivity index is 0.000000259. The first-order valence-corrected chi connectivity index (χ1v) is 17.3. The highest BCUT2D eigenvalue weighted by molar-refractivity contribution is 7.99. The number of nitrogens with zero attached hydrogens (tertiary/aromatic N) is 5. The standard InChI is InChI=1S/C17H20F3N3O2S.C13H22N4O2S/c18-17(19,20)15(8-11-26-10-7-13(21)16(24)25)23-9-6-14(22-23)12-4-2-1-3-5-12;1-10-9-15-17(16-10)13(4-2-5-13)6-8-20-7-3-11(14)12(18)19/h1-6,9,13,15H,7-8,10-11,21H2,(H,24,25);9,11H,2-8,14H2,1H3,(H,18,19). The number of nitrogens with two attached hydrogens (primary N) is 2. The van der Waals surface area contributed by atoms with Gasteiger partial charge >= 0.3 is 18.1 Å². The van der Waals surface area contributed by atoms with Crippen molar-refractivity contribution in [1.29, 1.82) is 0 Å². The number of carboxylic acids is 2. The lowest BCUT2D eigenvalue weighted by Crippen LogP contribution is -2.42. The summed E-state index contributed by atoms with van der Waals surface area (Å²) in [4.78, 5) is 23.1. The third-order valence-corrected chi connectivity index (χ3v) is 9.78. The second-order valence-corrected chi connectivity index (χ2v) is 13.6. The smallest absolute Gasteiger partial charge is 0.410 e. The predicted octanol–water partition coefficient (Wildman–Crippen LogP) is 4.97. The number of halogens is 3. The lowest BCUT2D eigenvalue weighted by atomic mass is 9.75. The van der Waals surface area contributed by atoms with E-state index in [1.165, 1.54) is 24.4 Å². The van der Waals surface area contributed by atoms with E-state index in [-0.39, 0.29) is 24.1 Å². The van der Waals surface area contributed by atoms with Gasteiger partial charge in [-0.15, -0.1) is 0 Å². The van der Waals surface area contributed by atoms with E-state index in [0.29, 0.717) is 17.9 Å². The summed E-state index contributed by atoms with van der Waals surface area (Å²) >= 11 is 3.02. The Morgan fingerprint density at radius 1 is 0.935 bits per heavy atom. The van der Waals surface area contributed by atoms with Crippen LogP contribution in [0.2, 0.25) is 0 Å². The minimum Gasteiger partial charge on any atom is -0.480 e. The molecule has 6 N–H and O–H groups in total. The summed E-state index contributed by atoms with van der Waals surface area (Å²) in [5, 5.41) is 30.3. The van der Waals surface area contributed by atoms with Crippen LogP contribution >= 0.6 is 23.5 Å². The van der Waals surface area contributed by atoms with Crippen LogP contribution in [0.1, 0.15) is 56.7 Å². The Bertz CT molecular complexity index is 1370. The molecule has 1 aromatic carbocycles. The van der Waals surface area contributed by atoms with Gasteiger partial charge in [-0.25, -0.2) is 0 Å². The fourth-order valence-corrected chi connectivity index (χ4v) is 6.92. The molecular formula is C30H42F3N7O4S2. The van der Waals surface area contributed by atoms with Crippen molar-refractivity contribution < 1.29 is 33.0 Å². The average Bonchev–Trinajstić information content (AvgIpc) is 3.65. The maximum Gasteiger partial charge on any atom is 0.410 e. The zero-order valence-electron chi connectivity index (χ0n) is 25.7. The summed E-state index contributed by atoms with van der Waals surface area (Å²) < 4.78 is 41.1. The van der Waals surface area contributed by atoms with E-state index in [1.807, 2.05) is 17.8 Å². The normalized spacial score (nSPS) is 16.0. The van der Waals surface area contributed by atoms with Crippen LogP contribution in [-0.4, -0.2) is 88.2 Å². The number of hydrogen-bond acceptors (Lipinski definition) is 9. The minimum atomic E-state index is -4.42. The quantitative estimate of drug-likeness (QED) is 0.141. The Kier molecular flexibility index (Phi) is 14.4. The van der Waals surface area contributed by atoms with E-state index < -0.39 is 36.2 Å². The number of benzene rings is 1. The highest BCUT2D eigenvalue weighted by Crippen LogP contribution is 2.42. The molecule has 1 saturated carbocycles. The minimum absolute atomic E-state index is 0.0934. The van der Waals surface area contributed by atoms with Gasteiger partial charge in [0.2, 0.25) is 0 Å². The molecule has 16 heteroatoms. The first-order chi connectivity index (χ1) is 21.8. The summed E-state index contributed by atoms with van der Waals surface area (Å²) in [5.41, 5.74) is 13.1. The van der Waals surface area contributed by atoms with Gasteiger partial charge in [0.15, 0.2) is 0 Å². The molecule has 2 heterocycles. The number of hydrogen-bond donors (Lipinski definition) is 4. The molecule has 3 aromatic rings. The molecule has 0 aliphatic heterocycles. The van der Waals surface area contributed by atoms with Gasteiger partial charge in [0.1, 0.15) is 18.1 Å². The molecule has 1 fully saturated rings. The van der Waals surface area contributed by atoms with Crippen LogP contribution in [0.25, 0.3) is 11.3 Å². The molecule has 0 bridgehead atoms. The van der Waals surface area contributed by atoms with Gasteiger partial charge in [-0.1, -0.05) is 30.3 Å². The van der Waals surface area contributed by atoms with Gasteiger partial charge in [0, 0.05) is 11.8 Å². The molecule has 4 rings (SSSR count). The topological polar surface area (TPSA) is 175 Å². The Morgan fingerprint density at radius 2 is 1.52 bits per heavy atom. The molecule has 3 unspecified atom stereocenters. The summed E-state index contributed by atoms with van der Waals surface area (Å²) in [6.45, 7) is 1.96. The molecule has 46 heavy (non-hydrogen) atoms. The lowest BCUT2D eigenvalue weighted by molar-refractivity contribution is -0.170. The maximum absolute atomic E-state index is 13.4. The Labute approximate surface area is 274 Å². The number of alkyl halides is 3. The van der Waals surface area contributed by atoms with Crippen molar-refractivity contribution in [1.82, 2.24) is 24.8 Å². The van der Waals surface area contributed by atoms with Crippen molar-refractivity contribution in [3.8, 4) is 11.3 Å². The third kappa shape index (κ3) is 11.3. The molecule has 3 atom stereocenters. The molecule has 1 aliphatic carbocycles. The summed E-state index contributed by atoms with van der Waals surface area (Å²) in [6, 6.07) is 7.12. The molecule has 1 aliphatic rings. The number of aromatic nitrogens is 5. The monoisotopic (exact) mass is 685 g/mol. The molecular weight excluding hydrogens is 644 g/mol. The second-order valence-electron chi connectivity index (χ2n) is 11.2. The van der Waals surface area contributed by atoms with E-state index >= 15 is 0 Å². The van der Waals surface area contributed by atoms with E-state index in [9.17, 15) is 22.8 Å². The molecule has 254 valence electrons. The van der Waals surface area contributed by atoms with E-state index in [1.54, 1.807) is 48.3 Å². The first kappa shape index (κ1) is 37.4. The predicted molar refractivity (Wildman–Crippen MR) is 174 cm³/mol. The molecule has 0 radical (unpaired) electrons. The fourth-order valence-electron chi connectivity index (χ4n) is 4.75. The lowest BCUT2D eigenvalue weighted by Gasteiger charge is -2.40. The fraction of sp³-hybridized carbons (Fsp3) is 0.567. The number of aryl methyl sites for hydroxylation is 1. The van der Waals surface area contributed by atoms with Gasteiger partial charge in [-0.05, 0) is 80.9 Å². The molecule has 2 aromatic heterocycles. The molecule has 0 amide bonds. The number of carbonyl (C=O) groups is 2. The number of rotatable bonds is 17. The van der Waals surface area contributed by atoms with Crippen molar-refractivity contribution in [3.63, 3.8) is 0 Å². The highest BCUT2D eigenvalue weighted by atomic mass is 32.2. The van der Waals surface area contributed by atoms with Crippen LogP contribution < -0.4 is 11.5 Å². The van der Waals surface area contributed by atoms with Gasteiger partial charge in [-0.3, -0.25) is 14.3 Å². The number of carboxylic acid groups (broad SMARTS) is 2. The van der Waals surface area contributed by atoms with E-state index in [0.717, 1.165) is 46.7 Å². The van der Waals surface area contributed by atoms with Gasteiger partial charge in [-0.2, -0.15) is 56.8 Å². The van der Waals surface area contributed by atoms with Crippen molar-refractivity contribution in [2.24, 2.45) is 11.5 Å². The largest absolute Gasteiger partial charge is 0.480 e. The van der Waals surface area contributed by atoms with Crippen molar-refractivity contribution >= 4 is 35.5 Å². The van der Waals surface area contributed by atoms with Crippen molar-refractivity contribution in [2.75, 3.05) is 23.0 Å². The van der Waals surface area contributed by atoms with Gasteiger partial charge in [0.05, 0.1) is 23.1 Å².